The van der Waals surface area contributed by atoms with Crippen LogP contribution in [0.5, 0.6) is 0 Å². The maximum absolute atomic E-state index is 10.1. The van der Waals surface area contributed by atoms with Gasteiger partial charge in [-0.2, -0.15) is 0 Å². The molecule has 1 aliphatic rings. The first-order chi connectivity index (χ1) is 5.29. The van der Waals surface area contributed by atoms with Crippen molar-refractivity contribution in [1.29, 1.82) is 0 Å². The largest absolute Gasteiger partial charge is 0.481 e. The third kappa shape index (κ3) is 3.60. The highest BCUT2D eigenvalue weighted by Gasteiger charge is 2.15. The summed E-state index contributed by atoms with van der Waals surface area (Å²) in [5.41, 5.74) is 0. The lowest BCUT2D eigenvalue weighted by molar-refractivity contribution is -0.133. The topological polar surface area (TPSA) is 55.8 Å². The van der Waals surface area contributed by atoms with Crippen molar-refractivity contribution in [2.45, 2.75) is 6.29 Å². The van der Waals surface area contributed by atoms with Crippen LogP contribution in [0.4, 0.5) is 0 Å². The summed E-state index contributed by atoms with van der Waals surface area (Å²) in [7, 11) is 0. The molecule has 1 rings (SSSR count). The molecule has 1 aliphatic heterocycles. The zero-order valence-corrected chi connectivity index (χ0v) is 6.80. The van der Waals surface area contributed by atoms with Gasteiger partial charge in [0.2, 0.25) is 0 Å². The average Bonchev–Trinajstić information content (AvgIpc) is 2.39. The normalized spacial score (nSPS) is 18.9. The second kappa shape index (κ2) is 4.58. The Morgan fingerprint density at radius 2 is 2.18 bits per heavy atom. The summed E-state index contributed by atoms with van der Waals surface area (Å²) in [4.78, 5) is 10.1. The van der Waals surface area contributed by atoms with Crippen LogP contribution in [0.15, 0.2) is 0 Å². The molecular formula is C6H10O4S. The van der Waals surface area contributed by atoms with E-state index in [-0.39, 0.29) is 12.0 Å². The summed E-state index contributed by atoms with van der Waals surface area (Å²) >= 11 is 1.31. The van der Waals surface area contributed by atoms with Gasteiger partial charge in [0.05, 0.1) is 19.0 Å². The Morgan fingerprint density at radius 3 is 2.73 bits per heavy atom. The third-order valence-electron chi connectivity index (χ3n) is 1.17. The van der Waals surface area contributed by atoms with E-state index >= 15 is 0 Å². The molecule has 1 saturated heterocycles. The zero-order valence-electron chi connectivity index (χ0n) is 5.99. The molecule has 0 amide bonds. The second-order valence-corrected chi connectivity index (χ2v) is 3.11. The molecule has 0 aromatic carbocycles. The lowest BCUT2D eigenvalue weighted by Gasteiger charge is -2.05. The molecule has 5 heteroatoms. The summed E-state index contributed by atoms with van der Waals surface area (Å²) < 4.78 is 10.2. The molecule has 0 radical (unpaired) electrons. The lowest BCUT2D eigenvalue weighted by atomic mass is 10.8. The van der Waals surface area contributed by atoms with Gasteiger partial charge >= 0.3 is 5.97 Å². The average molecular weight is 178 g/mol. The predicted molar refractivity (Wildman–Crippen MR) is 40.7 cm³/mol. The molecule has 1 heterocycles. The van der Waals surface area contributed by atoms with Gasteiger partial charge in [0.25, 0.3) is 0 Å². The summed E-state index contributed by atoms with van der Waals surface area (Å²) in [6, 6.07) is 0. The van der Waals surface area contributed by atoms with E-state index in [1.54, 1.807) is 0 Å². The van der Waals surface area contributed by atoms with E-state index in [4.69, 9.17) is 14.6 Å². The Morgan fingerprint density at radius 1 is 1.55 bits per heavy atom. The van der Waals surface area contributed by atoms with Crippen molar-refractivity contribution in [3.63, 3.8) is 0 Å². The van der Waals surface area contributed by atoms with Crippen LogP contribution in [0, 0.1) is 0 Å². The molecule has 1 fully saturated rings. The van der Waals surface area contributed by atoms with Gasteiger partial charge in [-0.25, -0.2) is 0 Å². The zero-order chi connectivity index (χ0) is 8.10. The maximum atomic E-state index is 10.1. The van der Waals surface area contributed by atoms with Gasteiger partial charge in [0.15, 0.2) is 6.29 Å². The number of rotatable bonds is 4. The fraction of sp³-hybridized carbons (Fsp3) is 0.833. The molecule has 11 heavy (non-hydrogen) atoms. The van der Waals surface area contributed by atoms with Gasteiger partial charge < -0.3 is 14.6 Å². The van der Waals surface area contributed by atoms with Crippen LogP contribution in [0.3, 0.4) is 0 Å². The highest BCUT2D eigenvalue weighted by atomic mass is 32.2. The monoisotopic (exact) mass is 178 g/mol. The molecule has 64 valence electrons. The van der Waals surface area contributed by atoms with Gasteiger partial charge in [-0.15, -0.1) is 11.8 Å². The van der Waals surface area contributed by atoms with Crippen molar-refractivity contribution < 1.29 is 19.4 Å². The number of carboxylic acid groups (broad SMARTS) is 1. The van der Waals surface area contributed by atoms with E-state index in [0.29, 0.717) is 19.0 Å². The quantitative estimate of drug-likeness (QED) is 0.665. The van der Waals surface area contributed by atoms with Gasteiger partial charge in [-0.3, -0.25) is 4.79 Å². The van der Waals surface area contributed by atoms with Crippen molar-refractivity contribution in [3.8, 4) is 0 Å². The van der Waals surface area contributed by atoms with E-state index in [2.05, 4.69) is 0 Å². The number of aliphatic carboxylic acids is 1. The summed E-state index contributed by atoms with van der Waals surface area (Å²) in [5.74, 6) is -0.0804. The fourth-order valence-electron chi connectivity index (χ4n) is 0.746. The first-order valence-electron chi connectivity index (χ1n) is 3.32. The molecular weight excluding hydrogens is 168 g/mol. The minimum absolute atomic E-state index is 0.114. The van der Waals surface area contributed by atoms with E-state index in [1.807, 2.05) is 0 Å². The van der Waals surface area contributed by atoms with Gasteiger partial charge in [0.1, 0.15) is 0 Å². The van der Waals surface area contributed by atoms with Crippen LogP contribution in [0.2, 0.25) is 0 Å². The lowest BCUT2D eigenvalue weighted by Crippen LogP contribution is -2.12. The van der Waals surface area contributed by atoms with Gasteiger partial charge in [-0.05, 0) is 0 Å². The van der Waals surface area contributed by atoms with Crippen molar-refractivity contribution in [2.24, 2.45) is 0 Å². The maximum Gasteiger partial charge on any atom is 0.313 e. The van der Waals surface area contributed by atoms with Crippen molar-refractivity contribution in [2.75, 3.05) is 24.7 Å². The second-order valence-electron chi connectivity index (χ2n) is 2.08. The molecule has 1 N–H and O–H groups in total. The summed E-state index contributed by atoms with van der Waals surface area (Å²) in [5, 5.41) is 8.28. The molecule has 0 spiro atoms. The van der Waals surface area contributed by atoms with Crippen molar-refractivity contribution >= 4 is 17.7 Å². The van der Waals surface area contributed by atoms with Gasteiger partial charge in [-0.1, -0.05) is 0 Å². The third-order valence-corrected chi connectivity index (χ3v) is 2.13. The predicted octanol–water partition coefficient (Wildman–Crippen LogP) is 0.177. The highest BCUT2D eigenvalue weighted by Crippen LogP contribution is 2.10. The number of hydrogen-bond acceptors (Lipinski definition) is 4. The number of carboxylic acids is 1. The summed E-state index contributed by atoms with van der Waals surface area (Å²) in [6.07, 6.45) is -0.195. The molecule has 0 aliphatic carbocycles. The Kier molecular flexibility index (Phi) is 3.68. The Hall–Kier alpha value is -0.260. The molecule has 0 saturated carbocycles. The Balaban J connectivity index is 1.98. The van der Waals surface area contributed by atoms with Gasteiger partial charge in [0, 0.05) is 5.75 Å². The molecule has 0 aromatic rings. The Labute approximate surface area is 68.9 Å². The van der Waals surface area contributed by atoms with Crippen LogP contribution in [0.1, 0.15) is 0 Å². The van der Waals surface area contributed by atoms with E-state index in [0.717, 1.165) is 0 Å². The first kappa shape index (κ1) is 8.83. The van der Waals surface area contributed by atoms with E-state index in [9.17, 15) is 4.79 Å². The van der Waals surface area contributed by atoms with Crippen LogP contribution in [0.25, 0.3) is 0 Å². The standard InChI is InChI=1S/C6H10O4S/c7-5(8)3-11-4-6-9-1-2-10-6/h6H,1-4H2,(H,7,8). The number of hydrogen-bond donors (Lipinski definition) is 1. The summed E-state index contributed by atoms with van der Waals surface area (Å²) in [6.45, 7) is 1.25. The number of thioether (sulfide) groups is 1. The molecule has 0 atom stereocenters. The smallest absolute Gasteiger partial charge is 0.313 e. The molecule has 0 unspecified atom stereocenters. The van der Waals surface area contributed by atoms with Crippen LogP contribution >= 0.6 is 11.8 Å². The van der Waals surface area contributed by atoms with Crippen molar-refractivity contribution in [1.82, 2.24) is 0 Å². The van der Waals surface area contributed by atoms with E-state index < -0.39 is 5.97 Å². The van der Waals surface area contributed by atoms with Crippen LogP contribution in [-0.4, -0.2) is 42.1 Å². The number of ether oxygens (including phenoxy) is 2. The highest BCUT2D eigenvalue weighted by molar-refractivity contribution is 7.99. The number of carbonyl (C=O) groups is 1. The SMILES string of the molecule is O=C(O)CSCC1OCCO1. The fourth-order valence-corrected chi connectivity index (χ4v) is 1.42. The Bertz CT molecular complexity index is 133. The molecule has 0 aromatic heterocycles. The van der Waals surface area contributed by atoms with Crippen LogP contribution < -0.4 is 0 Å². The van der Waals surface area contributed by atoms with Crippen LogP contribution in [-0.2, 0) is 14.3 Å². The molecule has 4 nitrogen and oxygen atoms in total. The van der Waals surface area contributed by atoms with Crippen molar-refractivity contribution in [3.05, 3.63) is 0 Å². The minimum Gasteiger partial charge on any atom is -0.481 e. The minimum atomic E-state index is -0.798. The van der Waals surface area contributed by atoms with E-state index in [1.165, 1.54) is 11.8 Å². The molecule has 0 bridgehead atoms. The first-order valence-corrected chi connectivity index (χ1v) is 4.47.